The number of nitrogens with one attached hydrogen (secondary N) is 1. The average Bonchev–Trinajstić information content (AvgIpc) is 2.52. The molecule has 1 aliphatic heterocycles. The van der Waals surface area contributed by atoms with Crippen LogP contribution in [-0.2, 0) is 16.0 Å². The van der Waals surface area contributed by atoms with Crippen LogP contribution in [0.3, 0.4) is 0 Å². The minimum absolute atomic E-state index is 0.0651. The predicted molar refractivity (Wildman–Crippen MR) is 80.9 cm³/mol. The average molecular weight is 280 g/mol. The lowest BCUT2D eigenvalue weighted by molar-refractivity contribution is -0.131. The number of amides is 2. The van der Waals surface area contributed by atoms with Gasteiger partial charge < -0.3 is 10.2 Å². The number of nitrogens with zero attached hydrogens (tertiary/aromatic N) is 1. The molecule has 1 unspecified atom stereocenters. The molecule has 0 radical (unpaired) electrons. The fourth-order valence-electron chi connectivity index (χ4n) is 2.53. The van der Waals surface area contributed by atoms with Crippen molar-refractivity contribution in [3.05, 3.63) is 66.2 Å². The number of carbonyl (C=O) groups excluding carboxylic acids is 2. The topological polar surface area (TPSA) is 49.4 Å². The Morgan fingerprint density at radius 3 is 2.24 bits per heavy atom. The molecule has 4 heteroatoms. The van der Waals surface area contributed by atoms with Gasteiger partial charge in [0.05, 0.1) is 0 Å². The molecular weight excluding hydrogens is 264 g/mol. The van der Waals surface area contributed by atoms with Gasteiger partial charge in [0.15, 0.2) is 0 Å². The van der Waals surface area contributed by atoms with E-state index in [4.69, 9.17) is 0 Å². The normalized spacial score (nSPS) is 18.5. The molecule has 0 saturated carbocycles. The highest BCUT2D eigenvalue weighted by molar-refractivity contribution is 6.06. The minimum atomic E-state index is -0.506. The highest BCUT2D eigenvalue weighted by Gasteiger charge is 2.33. The molecule has 1 saturated heterocycles. The Hall–Kier alpha value is -2.62. The molecule has 2 aromatic carbocycles. The van der Waals surface area contributed by atoms with Gasteiger partial charge in [-0.2, -0.15) is 0 Å². The summed E-state index contributed by atoms with van der Waals surface area (Å²) < 4.78 is 0. The fourth-order valence-corrected chi connectivity index (χ4v) is 2.53. The molecule has 1 fully saturated rings. The summed E-state index contributed by atoms with van der Waals surface area (Å²) in [6.07, 6.45) is 0.509. The summed E-state index contributed by atoms with van der Waals surface area (Å²) in [5.74, 6) is -0.191. The van der Waals surface area contributed by atoms with Gasteiger partial charge in [0.25, 0.3) is 0 Å². The van der Waals surface area contributed by atoms with Crippen LogP contribution >= 0.6 is 0 Å². The molecule has 1 atom stereocenters. The van der Waals surface area contributed by atoms with Crippen LogP contribution in [-0.4, -0.2) is 24.4 Å². The molecular formula is C17H16N2O2. The first-order valence-corrected chi connectivity index (χ1v) is 6.94. The fraction of sp³-hybridized carbons (Fsp3) is 0.176. The maximum Gasteiger partial charge on any atom is 0.250 e. The van der Waals surface area contributed by atoms with Crippen molar-refractivity contribution < 1.29 is 9.59 Å². The number of hydrogen-bond acceptors (Lipinski definition) is 2. The van der Waals surface area contributed by atoms with E-state index in [0.29, 0.717) is 6.42 Å². The van der Waals surface area contributed by atoms with Crippen LogP contribution in [0.5, 0.6) is 0 Å². The van der Waals surface area contributed by atoms with Gasteiger partial charge in [-0.1, -0.05) is 48.5 Å². The number of rotatable bonds is 3. The number of carbonyl (C=O) groups is 2. The highest BCUT2D eigenvalue weighted by atomic mass is 16.2. The number of para-hydroxylation sites is 1. The van der Waals surface area contributed by atoms with Gasteiger partial charge in [-0.25, -0.2) is 0 Å². The van der Waals surface area contributed by atoms with Gasteiger partial charge in [0.2, 0.25) is 11.8 Å². The van der Waals surface area contributed by atoms with Crippen LogP contribution in [0.2, 0.25) is 0 Å². The first kappa shape index (κ1) is 13.4. The Balaban J connectivity index is 1.82. The van der Waals surface area contributed by atoms with Gasteiger partial charge in [0, 0.05) is 12.1 Å². The third-order valence-corrected chi connectivity index (χ3v) is 3.55. The van der Waals surface area contributed by atoms with E-state index in [2.05, 4.69) is 5.32 Å². The Bertz CT molecular complexity index is 640. The minimum Gasteiger partial charge on any atom is -0.342 e. The standard InChI is InChI=1S/C17H16N2O2/c20-16-12-19(14-9-5-2-6-10-14)17(21)15(18-16)11-13-7-3-1-4-8-13/h1-10,15H,11-12H2,(H,18,20). The van der Waals surface area contributed by atoms with E-state index in [1.54, 1.807) is 4.90 Å². The zero-order chi connectivity index (χ0) is 14.7. The molecule has 4 nitrogen and oxygen atoms in total. The van der Waals surface area contributed by atoms with Crippen molar-refractivity contribution in [3.8, 4) is 0 Å². The molecule has 1 aliphatic rings. The zero-order valence-corrected chi connectivity index (χ0v) is 11.5. The summed E-state index contributed by atoms with van der Waals surface area (Å²) in [4.78, 5) is 26.0. The van der Waals surface area contributed by atoms with Crippen molar-refractivity contribution in [3.63, 3.8) is 0 Å². The van der Waals surface area contributed by atoms with E-state index < -0.39 is 6.04 Å². The van der Waals surface area contributed by atoms with Gasteiger partial charge in [-0.05, 0) is 17.7 Å². The highest BCUT2D eigenvalue weighted by Crippen LogP contribution is 2.18. The second-order valence-electron chi connectivity index (χ2n) is 5.07. The molecule has 0 spiro atoms. The van der Waals surface area contributed by atoms with Crippen LogP contribution in [0, 0.1) is 0 Å². The molecule has 2 aromatic rings. The first-order chi connectivity index (χ1) is 10.2. The lowest BCUT2D eigenvalue weighted by Crippen LogP contribution is -2.59. The van der Waals surface area contributed by atoms with E-state index in [1.807, 2.05) is 60.7 Å². The van der Waals surface area contributed by atoms with E-state index >= 15 is 0 Å². The van der Waals surface area contributed by atoms with Crippen LogP contribution < -0.4 is 10.2 Å². The van der Waals surface area contributed by atoms with Crippen LogP contribution in [0.1, 0.15) is 5.56 Å². The second-order valence-corrected chi connectivity index (χ2v) is 5.07. The molecule has 3 rings (SSSR count). The maximum atomic E-state index is 12.6. The summed E-state index contributed by atoms with van der Waals surface area (Å²) in [5.41, 5.74) is 1.79. The van der Waals surface area contributed by atoms with Gasteiger partial charge in [0.1, 0.15) is 12.6 Å². The molecule has 0 bridgehead atoms. The van der Waals surface area contributed by atoms with Gasteiger partial charge >= 0.3 is 0 Å². The molecule has 0 aromatic heterocycles. The number of piperazine rings is 1. The summed E-state index contributed by atoms with van der Waals surface area (Å²) in [6.45, 7) is 0.0775. The van der Waals surface area contributed by atoms with Crippen molar-refractivity contribution in [2.75, 3.05) is 11.4 Å². The number of anilines is 1. The monoisotopic (exact) mass is 280 g/mol. The maximum absolute atomic E-state index is 12.6. The number of hydrogen-bond donors (Lipinski definition) is 1. The summed E-state index contributed by atoms with van der Waals surface area (Å²) in [5, 5.41) is 2.78. The number of benzene rings is 2. The third kappa shape index (κ3) is 2.94. The molecule has 1 N–H and O–H groups in total. The SMILES string of the molecule is O=C1CN(c2ccccc2)C(=O)C(Cc2ccccc2)N1. The molecule has 1 heterocycles. The van der Waals surface area contributed by atoms with Crippen molar-refractivity contribution in [1.82, 2.24) is 5.32 Å². The molecule has 21 heavy (non-hydrogen) atoms. The molecule has 106 valence electrons. The summed E-state index contributed by atoms with van der Waals surface area (Å²) in [7, 11) is 0. The summed E-state index contributed by atoms with van der Waals surface area (Å²) >= 11 is 0. The Labute approximate surface area is 123 Å². The molecule has 0 aliphatic carbocycles. The van der Waals surface area contributed by atoms with E-state index in [-0.39, 0.29) is 18.4 Å². The van der Waals surface area contributed by atoms with Crippen molar-refractivity contribution in [2.45, 2.75) is 12.5 Å². The van der Waals surface area contributed by atoms with Crippen molar-refractivity contribution in [1.29, 1.82) is 0 Å². The van der Waals surface area contributed by atoms with E-state index in [9.17, 15) is 9.59 Å². The molecule has 2 amide bonds. The largest absolute Gasteiger partial charge is 0.342 e. The van der Waals surface area contributed by atoms with Gasteiger partial charge in [-0.3, -0.25) is 9.59 Å². The van der Waals surface area contributed by atoms with E-state index in [0.717, 1.165) is 11.3 Å². The summed E-state index contributed by atoms with van der Waals surface area (Å²) in [6, 6.07) is 18.5. The third-order valence-electron chi connectivity index (χ3n) is 3.55. The Morgan fingerprint density at radius 1 is 0.952 bits per heavy atom. The van der Waals surface area contributed by atoms with Crippen molar-refractivity contribution in [2.24, 2.45) is 0 Å². The Morgan fingerprint density at radius 2 is 1.57 bits per heavy atom. The second kappa shape index (κ2) is 5.79. The lowest BCUT2D eigenvalue weighted by Gasteiger charge is -2.32. The smallest absolute Gasteiger partial charge is 0.250 e. The zero-order valence-electron chi connectivity index (χ0n) is 11.5. The van der Waals surface area contributed by atoms with Crippen LogP contribution in [0.25, 0.3) is 0 Å². The quantitative estimate of drug-likeness (QED) is 0.931. The van der Waals surface area contributed by atoms with Crippen LogP contribution in [0.4, 0.5) is 5.69 Å². The Kier molecular flexibility index (Phi) is 3.69. The van der Waals surface area contributed by atoms with Crippen molar-refractivity contribution >= 4 is 17.5 Å². The van der Waals surface area contributed by atoms with Crippen LogP contribution in [0.15, 0.2) is 60.7 Å². The first-order valence-electron chi connectivity index (χ1n) is 6.94. The van der Waals surface area contributed by atoms with E-state index in [1.165, 1.54) is 0 Å². The predicted octanol–water partition coefficient (Wildman–Crippen LogP) is 1.76. The van der Waals surface area contributed by atoms with Gasteiger partial charge in [-0.15, -0.1) is 0 Å². The lowest BCUT2D eigenvalue weighted by atomic mass is 10.0.